The second kappa shape index (κ2) is 10.4. The first-order valence-corrected chi connectivity index (χ1v) is 11.0. The number of aromatic nitrogens is 4. The molecule has 0 spiro atoms. The van der Waals surface area contributed by atoms with Crippen molar-refractivity contribution in [2.75, 3.05) is 19.0 Å². The molecule has 2 N–H and O–H groups in total. The molecule has 2 heterocycles. The summed E-state index contributed by atoms with van der Waals surface area (Å²) in [5.74, 6) is 4.01. The summed E-state index contributed by atoms with van der Waals surface area (Å²) in [7, 11) is 1.64. The van der Waals surface area contributed by atoms with Crippen LogP contribution >= 0.6 is 12.4 Å². The smallest absolute Gasteiger partial charge is 0.166 e. The molecule has 2 unspecified atom stereocenters. The molecule has 2 atom stereocenters. The Morgan fingerprint density at radius 3 is 2.69 bits per heavy atom. The second-order valence-electron chi connectivity index (χ2n) is 8.35. The molecule has 32 heavy (non-hydrogen) atoms. The van der Waals surface area contributed by atoms with Gasteiger partial charge in [-0.3, -0.25) is 0 Å². The Kier molecular flexibility index (Phi) is 7.79. The maximum absolute atomic E-state index is 9.82. The van der Waals surface area contributed by atoms with Crippen LogP contribution in [-0.2, 0) is 6.54 Å². The van der Waals surface area contributed by atoms with Crippen molar-refractivity contribution < 1.29 is 14.6 Å². The van der Waals surface area contributed by atoms with Gasteiger partial charge in [-0.25, -0.2) is 15.0 Å². The van der Waals surface area contributed by atoms with E-state index in [1.165, 1.54) is 0 Å². The number of anilines is 1. The monoisotopic (exact) mass is 461 g/mol. The standard InChI is InChI=1S/C23H31N5O3.ClH/c1-5-24-22-20-23(27-21(26-20)14(2)3)28(13-25-22)12-15-6-9-18(30-4)19(10-15)31-17-8-7-16(29)11-17;/h6,9-10,13-14,16-17,24,29H,5,7-8,11-12H2,1-4H3;1H. The van der Waals surface area contributed by atoms with E-state index in [-0.39, 0.29) is 30.5 Å². The molecular weight excluding hydrogens is 430 g/mol. The molecule has 1 saturated carbocycles. The minimum absolute atomic E-state index is 0. The lowest BCUT2D eigenvalue weighted by Gasteiger charge is -2.18. The van der Waals surface area contributed by atoms with Crippen LogP contribution in [0.1, 0.15) is 57.3 Å². The van der Waals surface area contributed by atoms with Crippen molar-refractivity contribution in [2.24, 2.45) is 0 Å². The van der Waals surface area contributed by atoms with E-state index in [2.05, 4.69) is 24.1 Å². The predicted molar refractivity (Wildman–Crippen MR) is 126 cm³/mol. The van der Waals surface area contributed by atoms with Crippen LogP contribution in [0.3, 0.4) is 0 Å². The third kappa shape index (κ3) is 5.07. The van der Waals surface area contributed by atoms with Gasteiger partial charge in [-0.1, -0.05) is 19.9 Å². The van der Waals surface area contributed by atoms with Crippen LogP contribution in [-0.4, -0.2) is 50.5 Å². The van der Waals surface area contributed by atoms with E-state index in [4.69, 9.17) is 19.4 Å². The summed E-state index contributed by atoms with van der Waals surface area (Å²) in [4.78, 5) is 14.1. The average molecular weight is 462 g/mol. The molecule has 1 aliphatic carbocycles. The number of methoxy groups -OCH3 is 1. The number of hydrogen-bond acceptors (Lipinski definition) is 7. The molecule has 3 aliphatic rings. The fourth-order valence-electron chi connectivity index (χ4n) is 3.94. The first kappa shape index (κ1) is 24.1. The summed E-state index contributed by atoms with van der Waals surface area (Å²) >= 11 is 0. The van der Waals surface area contributed by atoms with Crippen LogP contribution in [0.5, 0.6) is 11.5 Å². The summed E-state index contributed by atoms with van der Waals surface area (Å²) in [5.41, 5.74) is 1.84. The van der Waals surface area contributed by atoms with Gasteiger partial charge >= 0.3 is 0 Å². The zero-order valence-electron chi connectivity index (χ0n) is 19.0. The highest BCUT2D eigenvalue weighted by Crippen LogP contribution is 2.34. The van der Waals surface area contributed by atoms with Crippen LogP contribution in [0.4, 0.5) is 5.82 Å². The van der Waals surface area contributed by atoms with Crippen LogP contribution in [0.2, 0.25) is 0 Å². The summed E-state index contributed by atoms with van der Waals surface area (Å²) in [6.45, 7) is 7.57. The van der Waals surface area contributed by atoms with Crippen LogP contribution in [0.25, 0.3) is 11.5 Å². The van der Waals surface area contributed by atoms with Crippen LogP contribution < -0.4 is 14.8 Å². The molecule has 9 heteroatoms. The lowest BCUT2D eigenvalue weighted by molar-refractivity contribution is 0.147. The van der Waals surface area contributed by atoms with Gasteiger partial charge in [0.1, 0.15) is 11.9 Å². The maximum atomic E-state index is 9.82. The minimum atomic E-state index is -0.282. The van der Waals surface area contributed by atoms with Gasteiger partial charge in [0.15, 0.2) is 28.8 Å². The van der Waals surface area contributed by atoms with Gasteiger partial charge in [0, 0.05) is 18.9 Å². The number of halogens is 1. The fraction of sp³-hybridized carbons (Fsp3) is 0.522. The van der Waals surface area contributed by atoms with Gasteiger partial charge in [-0.05, 0) is 37.5 Å². The van der Waals surface area contributed by atoms with Crippen LogP contribution in [0, 0.1) is 0 Å². The van der Waals surface area contributed by atoms with E-state index in [1.807, 2.05) is 29.7 Å². The molecule has 4 rings (SSSR count). The van der Waals surface area contributed by atoms with Gasteiger partial charge < -0.3 is 24.5 Å². The minimum Gasteiger partial charge on any atom is -0.493 e. The van der Waals surface area contributed by atoms with Gasteiger partial charge in [0.05, 0.1) is 26.1 Å². The topological polar surface area (TPSA) is 94.3 Å². The number of ether oxygens (including phenoxy) is 2. The number of benzene rings is 1. The number of fused-ring (bicyclic) bond motifs is 1. The molecule has 0 saturated heterocycles. The Bertz CT molecular complexity index is 1010. The van der Waals surface area contributed by atoms with Crippen molar-refractivity contribution in [2.45, 2.75) is 64.7 Å². The number of imidazole rings is 1. The Labute approximate surface area is 195 Å². The lowest BCUT2D eigenvalue weighted by atomic mass is 10.2. The number of nitrogens with one attached hydrogen (secondary N) is 1. The fourth-order valence-corrected chi connectivity index (χ4v) is 3.94. The molecule has 174 valence electrons. The van der Waals surface area contributed by atoms with Crippen molar-refractivity contribution in [3.63, 3.8) is 0 Å². The zero-order chi connectivity index (χ0) is 22.0. The molecular formula is C23H32ClN5O3. The SMILES string of the molecule is CCNc1ncn(Cc2ccc(OC)c(OC3CCC(O)C3)c2)c2nc(C(C)C)nc1-2.Cl. The summed E-state index contributed by atoms with van der Waals surface area (Å²) in [6.07, 6.45) is 3.81. The first-order chi connectivity index (χ1) is 15.0. The van der Waals surface area contributed by atoms with E-state index in [1.54, 1.807) is 13.4 Å². The maximum Gasteiger partial charge on any atom is 0.166 e. The van der Waals surface area contributed by atoms with E-state index >= 15 is 0 Å². The Morgan fingerprint density at radius 1 is 1.22 bits per heavy atom. The number of hydrogen-bond donors (Lipinski definition) is 2. The Balaban J connectivity index is 0.00000289. The third-order valence-corrected chi connectivity index (χ3v) is 5.57. The van der Waals surface area contributed by atoms with E-state index in [0.29, 0.717) is 24.5 Å². The first-order valence-electron chi connectivity index (χ1n) is 11.0. The molecule has 1 aromatic carbocycles. The number of aliphatic hydroxyl groups is 1. The van der Waals surface area contributed by atoms with Crippen molar-refractivity contribution >= 4 is 18.2 Å². The van der Waals surface area contributed by atoms with E-state index < -0.39 is 0 Å². The summed E-state index contributed by atoms with van der Waals surface area (Å²) < 4.78 is 13.7. The predicted octanol–water partition coefficient (Wildman–Crippen LogP) is 4.10. The molecule has 0 bridgehead atoms. The molecule has 1 aromatic rings. The molecule has 2 aliphatic heterocycles. The summed E-state index contributed by atoms with van der Waals surface area (Å²) in [6, 6.07) is 5.94. The van der Waals surface area contributed by atoms with Crippen molar-refractivity contribution in [3.8, 4) is 23.0 Å². The normalized spacial score (nSPS) is 18.1. The van der Waals surface area contributed by atoms with Crippen molar-refractivity contribution in [1.82, 2.24) is 19.5 Å². The Morgan fingerprint density at radius 2 is 2.03 bits per heavy atom. The molecule has 8 nitrogen and oxygen atoms in total. The molecule has 1 fully saturated rings. The largest absolute Gasteiger partial charge is 0.493 e. The second-order valence-corrected chi connectivity index (χ2v) is 8.35. The summed E-state index contributed by atoms with van der Waals surface area (Å²) in [5, 5.41) is 13.1. The van der Waals surface area contributed by atoms with Gasteiger partial charge in [0.2, 0.25) is 0 Å². The van der Waals surface area contributed by atoms with Crippen molar-refractivity contribution in [3.05, 3.63) is 35.9 Å². The highest BCUT2D eigenvalue weighted by Gasteiger charge is 2.26. The number of aliphatic hydroxyl groups excluding tert-OH is 1. The average Bonchev–Trinajstić information content (AvgIpc) is 3.37. The van der Waals surface area contributed by atoms with Crippen LogP contribution in [0.15, 0.2) is 24.5 Å². The highest BCUT2D eigenvalue weighted by molar-refractivity contribution is 5.85. The zero-order valence-corrected chi connectivity index (χ0v) is 19.9. The van der Waals surface area contributed by atoms with Gasteiger partial charge in [-0.15, -0.1) is 12.4 Å². The number of rotatable bonds is 8. The number of nitrogens with zero attached hydrogens (tertiary/aromatic N) is 4. The van der Waals surface area contributed by atoms with Crippen molar-refractivity contribution in [1.29, 1.82) is 0 Å². The third-order valence-electron chi connectivity index (χ3n) is 5.57. The molecule has 0 amide bonds. The molecule has 0 radical (unpaired) electrons. The van der Waals surface area contributed by atoms with Gasteiger partial charge in [0.25, 0.3) is 0 Å². The van der Waals surface area contributed by atoms with E-state index in [9.17, 15) is 5.11 Å². The quantitative estimate of drug-likeness (QED) is 0.521. The molecule has 0 aromatic heterocycles. The van der Waals surface area contributed by atoms with Gasteiger partial charge in [-0.2, -0.15) is 0 Å². The lowest BCUT2D eigenvalue weighted by Crippen LogP contribution is -2.14. The highest BCUT2D eigenvalue weighted by atomic mass is 35.5. The van der Waals surface area contributed by atoms with E-state index in [0.717, 1.165) is 48.1 Å². The Hall–Kier alpha value is -2.58.